The van der Waals surface area contributed by atoms with E-state index in [1.54, 1.807) is 14.0 Å². The number of carbonyl (C=O) groups is 2. The largest absolute Gasteiger partial charge is 0.379 e. The molecule has 198 valence electrons. The Morgan fingerprint density at radius 3 is 2.53 bits per heavy atom. The van der Waals surface area contributed by atoms with Gasteiger partial charge in [0.25, 0.3) is 0 Å². The molecule has 6 rings (SSSR count). The summed E-state index contributed by atoms with van der Waals surface area (Å²) in [5.41, 5.74) is 6.36. The Hall–Kier alpha value is -3.29. The zero-order valence-electron chi connectivity index (χ0n) is 22.8. The maximum Gasteiger partial charge on any atom is 0.195 e. The Balaban J connectivity index is 1.39. The van der Waals surface area contributed by atoms with Gasteiger partial charge < -0.3 is 14.6 Å². The molecule has 2 aliphatic heterocycles. The molecule has 7 heteroatoms. The van der Waals surface area contributed by atoms with Gasteiger partial charge in [-0.25, -0.2) is 0 Å². The van der Waals surface area contributed by atoms with Crippen molar-refractivity contribution in [2.75, 3.05) is 51.3 Å². The highest BCUT2D eigenvalue weighted by Gasteiger charge is 2.41. The maximum absolute atomic E-state index is 14.0. The van der Waals surface area contributed by atoms with E-state index in [1.807, 2.05) is 30.5 Å². The van der Waals surface area contributed by atoms with Crippen LogP contribution >= 0.6 is 0 Å². The van der Waals surface area contributed by atoms with E-state index in [2.05, 4.69) is 39.7 Å². The number of anilines is 1. The molecular weight excluding hydrogens is 476 g/mol. The van der Waals surface area contributed by atoms with Crippen molar-refractivity contribution in [2.24, 2.45) is 4.99 Å². The fourth-order valence-corrected chi connectivity index (χ4v) is 6.67. The Morgan fingerprint density at radius 2 is 1.84 bits per heavy atom. The van der Waals surface area contributed by atoms with Crippen molar-refractivity contribution in [3.05, 3.63) is 63.8 Å². The Kier molecular flexibility index (Phi) is 6.23. The van der Waals surface area contributed by atoms with Crippen LogP contribution < -0.4 is 4.90 Å². The molecule has 0 saturated carbocycles. The van der Waals surface area contributed by atoms with Gasteiger partial charge in [-0.15, -0.1) is 0 Å². The summed E-state index contributed by atoms with van der Waals surface area (Å²) in [6.07, 6.45) is 3.94. The summed E-state index contributed by atoms with van der Waals surface area (Å²) in [4.78, 5) is 39.5. The van der Waals surface area contributed by atoms with Crippen LogP contribution in [0.1, 0.15) is 76.7 Å². The van der Waals surface area contributed by atoms with E-state index in [0.29, 0.717) is 22.7 Å². The highest BCUT2D eigenvalue weighted by atomic mass is 16.5. The lowest BCUT2D eigenvalue weighted by molar-refractivity contribution is 0.0115. The third-order valence-electron chi connectivity index (χ3n) is 8.75. The number of Topliss-reactive ketones (excluding diaryl/α,β-unsaturated/α-hetero) is 1. The van der Waals surface area contributed by atoms with Crippen LogP contribution in [0, 0.1) is 0 Å². The van der Waals surface area contributed by atoms with Crippen molar-refractivity contribution in [1.82, 2.24) is 9.88 Å². The predicted octanol–water partition coefficient (Wildman–Crippen LogP) is 4.59. The third-order valence-corrected chi connectivity index (χ3v) is 8.75. The van der Waals surface area contributed by atoms with Crippen LogP contribution in [0.2, 0.25) is 0 Å². The first-order chi connectivity index (χ1) is 18.3. The first-order valence-electron chi connectivity index (χ1n) is 13.7. The first-order valence-corrected chi connectivity index (χ1v) is 13.7. The van der Waals surface area contributed by atoms with Crippen molar-refractivity contribution < 1.29 is 14.3 Å². The summed E-state index contributed by atoms with van der Waals surface area (Å²) in [5.74, 6) is -0.0190. The van der Waals surface area contributed by atoms with Crippen LogP contribution in [0.5, 0.6) is 0 Å². The molecule has 38 heavy (non-hydrogen) atoms. The van der Waals surface area contributed by atoms with Gasteiger partial charge in [-0.05, 0) is 49.1 Å². The molecule has 1 N–H and O–H groups in total. The average Bonchev–Trinajstić information content (AvgIpc) is 3.32. The van der Waals surface area contributed by atoms with Crippen molar-refractivity contribution in [1.29, 1.82) is 0 Å². The van der Waals surface area contributed by atoms with Gasteiger partial charge >= 0.3 is 0 Å². The fraction of sp³-hybridized carbons (Fsp3) is 0.452. The summed E-state index contributed by atoms with van der Waals surface area (Å²) in [7, 11) is 1.75. The number of aliphatic imine (C=N–C) groups is 1. The fourth-order valence-electron chi connectivity index (χ4n) is 6.67. The molecule has 0 bridgehead atoms. The van der Waals surface area contributed by atoms with Crippen LogP contribution in [0.4, 0.5) is 5.69 Å². The number of H-pyrrole nitrogens is 1. The molecule has 0 unspecified atom stereocenters. The number of nitrogens with one attached hydrogen (secondary N) is 1. The monoisotopic (exact) mass is 512 g/mol. The summed E-state index contributed by atoms with van der Waals surface area (Å²) in [6, 6.07) is 10.6. The number of ketones is 2. The zero-order chi connectivity index (χ0) is 26.6. The number of rotatable bonds is 4. The lowest BCUT2D eigenvalue weighted by Gasteiger charge is -2.42. The van der Waals surface area contributed by atoms with Gasteiger partial charge in [0.15, 0.2) is 11.6 Å². The van der Waals surface area contributed by atoms with Gasteiger partial charge in [-0.1, -0.05) is 26.0 Å². The summed E-state index contributed by atoms with van der Waals surface area (Å²) >= 11 is 0. The second-order valence-corrected chi connectivity index (χ2v) is 11.4. The Morgan fingerprint density at radius 1 is 1.11 bits per heavy atom. The quantitative estimate of drug-likeness (QED) is 0.409. The van der Waals surface area contributed by atoms with Gasteiger partial charge in [0, 0.05) is 84.3 Å². The van der Waals surface area contributed by atoms with Crippen LogP contribution in [0.3, 0.4) is 0 Å². The standard InChI is InChI=1S/C31H36N4O3/c1-19(36)23-16-24-25(17-27(23)35-9-7-21(8-10-35)34-11-13-38-14-12-34)31(2,3)30-28(29(24)37)22-6-5-20(18-32-4)15-26(22)33-30/h5-6,15-18,21,33H,7-14H2,1-4H3. The molecular formula is C31H36N4O3. The molecule has 1 aliphatic carbocycles. The number of nitrogens with zero attached hydrogens (tertiary/aromatic N) is 3. The topological polar surface area (TPSA) is 78.0 Å². The summed E-state index contributed by atoms with van der Waals surface area (Å²) in [5, 5.41) is 0.913. The average molecular weight is 513 g/mol. The molecule has 2 aromatic carbocycles. The van der Waals surface area contributed by atoms with Crippen molar-refractivity contribution in [3.8, 4) is 0 Å². The minimum Gasteiger partial charge on any atom is -0.379 e. The SMILES string of the molecule is CN=Cc1ccc2c3c([nH]c2c1)C(C)(C)c1cc(N2CCC(N4CCOCC4)CC2)c(C(C)=O)cc1C3=O. The highest BCUT2D eigenvalue weighted by molar-refractivity contribution is 6.21. The van der Waals surface area contributed by atoms with E-state index in [1.165, 1.54) is 0 Å². The van der Waals surface area contributed by atoms with Gasteiger partial charge in [0.05, 0.1) is 18.8 Å². The Bertz CT molecular complexity index is 1450. The van der Waals surface area contributed by atoms with Gasteiger partial charge in [-0.2, -0.15) is 0 Å². The lowest BCUT2D eigenvalue weighted by Crippen LogP contribution is -2.49. The molecule has 7 nitrogen and oxygen atoms in total. The molecule has 3 aromatic rings. The normalized spacial score (nSPS) is 20.2. The number of benzene rings is 2. The summed E-state index contributed by atoms with van der Waals surface area (Å²) in [6.45, 7) is 11.4. The van der Waals surface area contributed by atoms with E-state index in [0.717, 1.165) is 85.6 Å². The molecule has 0 spiro atoms. The third kappa shape index (κ3) is 4.00. The van der Waals surface area contributed by atoms with Crippen LogP contribution in [-0.4, -0.2) is 80.1 Å². The van der Waals surface area contributed by atoms with Crippen molar-refractivity contribution in [2.45, 2.75) is 45.1 Å². The smallest absolute Gasteiger partial charge is 0.195 e. The second kappa shape index (κ2) is 9.47. The number of aromatic nitrogens is 1. The first kappa shape index (κ1) is 25.0. The van der Waals surface area contributed by atoms with Crippen molar-refractivity contribution >= 4 is 34.4 Å². The minimum absolute atomic E-state index is 0.00285. The number of carbonyl (C=O) groups excluding carboxylic acids is 2. The lowest BCUT2D eigenvalue weighted by atomic mass is 9.70. The van der Waals surface area contributed by atoms with Gasteiger partial charge in [0.1, 0.15) is 0 Å². The number of aromatic amines is 1. The number of ether oxygens (including phenoxy) is 1. The molecule has 0 amide bonds. The van der Waals surface area contributed by atoms with E-state index < -0.39 is 5.41 Å². The van der Waals surface area contributed by atoms with Crippen LogP contribution in [-0.2, 0) is 10.2 Å². The molecule has 0 radical (unpaired) electrons. The van der Waals surface area contributed by atoms with Gasteiger partial charge in [0.2, 0.25) is 0 Å². The van der Waals surface area contributed by atoms with E-state index >= 15 is 0 Å². The van der Waals surface area contributed by atoms with E-state index in [4.69, 9.17) is 4.74 Å². The van der Waals surface area contributed by atoms with E-state index in [-0.39, 0.29) is 11.6 Å². The molecule has 2 saturated heterocycles. The maximum atomic E-state index is 14.0. The predicted molar refractivity (Wildman–Crippen MR) is 151 cm³/mol. The zero-order valence-corrected chi connectivity index (χ0v) is 22.8. The number of hydrogen-bond acceptors (Lipinski definition) is 6. The van der Waals surface area contributed by atoms with Crippen LogP contribution in [0.25, 0.3) is 10.9 Å². The molecule has 3 aliphatic rings. The highest BCUT2D eigenvalue weighted by Crippen LogP contribution is 2.46. The van der Waals surface area contributed by atoms with Crippen LogP contribution in [0.15, 0.2) is 35.3 Å². The Labute approximate surface area is 223 Å². The number of morpholine rings is 1. The number of piperidine rings is 1. The second-order valence-electron chi connectivity index (χ2n) is 11.4. The molecule has 0 atom stereocenters. The molecule has 2 fully saturated rings. The molecule has 3 heterocycles. The van der Waals surface area contributed by atoms with Crippen molar-refractivity contribution in [3.63, 3.8) is 0 Å². The number of fused-ring (bicyclic) bond motifs is 4. The number of hydrogen-bond donors (Lipinski definition) is 1. The molecule has 1 aromatic heterocycles. The van der Waals surface area contributed by atoms with E-state index in [9.17, 15) is 9.59 Å². The summed E-state index contributed by atoms with van der Waals surface area (Å²) < 4.78 is 5.54. The van der Waals surface area contributed by atoms with Gasteiger partial charge in [-0.3, -0.25) is 19.5 Å². The minimum atomic E-state index is -0.424.